The zero-order valence-electron chi connectivity index (χ0n) is 12.4. The second-order valence-electron chi connectivity index (χ2n) is 4.77. The van der Waals surface area contributed by atoms with Gasteiger partial charge < -0.3 is 4.74 Å². The van der Waals surface area contributed by atoms with Gasteiger partial charge in [0.2, 0.25) is 10.0 Å². The van der Waals surface area contributed by atoms with Crippen molar-refractivity contribution in [3.63, 3.8) is 0 Å². The summed E-state index contributed by atoms with van der Waals surface area (Å²) in [4.78, 5) is 15.4. The number of aromatic nitrogens is 3. The quantitative estimate of drug-likeness (QED) is 0.727. The van der Waals surface area contributed by atoms with E-state index in [1.165, 1.54) is 42.6 Å². The van der Waals surface area contributed by atoms with Gasteiger partial charge in [-0.3, -0.25) is 4.68 Å². The van der Waals surface area contributed by atoms with E-state index < -0.39 is 22.0 Å². The van der Waals surface area contributed by atoms with Crippen molar-refractivity contribution in [2.45, 2.75) is 24.4 Å². The van der Waals surface area contributed by atoms with Gasteiger partial charge in [0.15, 0.2) is 0 Å². The minimum absolute atomic E-state index is 0.0217. The zero-order valence-corrected chi connectivity index (χ0v) is 14.8. The van der Waals surface area contributed by atoms with E-state index >= 15 is 0 Å². The number of rotatable bonds is 6. The van der Waals surface area contributed by atoms with Crippen molar-refractivity contribution in [2.75, 3.05) is 7.11 Å². The maximum absolute atomic E-state index is 12.4. The molecule has 0 saturated carbocycles. The number of carbonyl (C=O) groups is 1. The van der Waals surface area contributed by atoms with Crippen molar-refractivity contribution in [1.82, 2.24) is 19.5 Å². The Hall–Kier alpha value is -1.78. The number of hydrogen-bond donors (Lipinski definition) is 1. The molecule has 1 atom stereocenters. The fraction of sp³-hybridized carbons (Fsp3) is 0.308. The van der Waals surface area contributed by atoms with Crippen molar-refractivity contribution in [3.8, 4) is 0 Å². The van der Waals surface area contributed by atoms with Gasteiger partial charge in [-0.25, -0.2) is 22.9 Å². The molecule has 1 aromatic carbocycles. The van der Waals surface area contributed by atoms with Crippen molar-refractivity contribution in [2.24, 2.45) is 0 Å². The first-order valence-corrected chi connectivity index (χ1v) is 8.83. The van der Waals surface area contributed by atoms with E-state index in [-0.39, 0.29) is 10.5 Å². The van der Waals surface area contributed by atoms with Crippen LogP contribution in [0.25, 0.3) is 0 Å². The van der Waals surface area contributed by atoms with E-state index in [4.69, 9.17) is 0 Å². The van der Waals surface area contributed by atoms with Crippen LogP contribution in [0.15, 0.2) is 40.2 Å². The van der Waals surface area contributed by atoms with Gasteiger partial charge >= 0.3 is 5.97 Å². The Morgan fingerprint density at radius 3 is 2.83 bits per heavy atom. The summed E-state index contributed by atoms with van der Waals surface area (Å²) in [6, 6.07) is 3.75. The highest BCUT2D eigenvalue weighted by Crippen LogP contribution is 2.22. The monoisotopic (exact) mass is 402 g/mol. The number of ether oxygens (including phenoxy) is 1. The molecule has 1 N–H and O–H groups in total. The average Bonchev–Trinajstić information content (AvgIpc) is 2.98. The largest absolute Gasteiger partial charge is 0.465 e. The Morgan fingerprint density at radius 2 is 2.22 bits per heavy atom. The van der Waals surface area contributed by atoms with E-state index in [1.54, 1.807) is 6.92 Å². The van der Waals surface area contributed by atoms with Crippen molar-refractivity contribution in [3.05, 3.63) is 40.9 Å². The topological polar surface area (TPSA) is 103 Å². The average molecular weight is 403 g/mol. The lowest BCUT2D eigenvalue weighted by Crippen LogP contribution is -2.35. The van der Waals surface area contributed by atoms with Gasteiger partial charge in [0.05, 0.1) is 24.1 Å². The minimum atomic E-state index is -3.78. The minimum Gasteiger partial charge on any atom is -0.465 e. The Bertz CT molecular complexity index is 792. The van der Waals surface area contributed by atoms with E-state index in [1.807, 2.05) is 0 Å². The number of hydrogen-bond acceptors (Lipinski definition) is 6. The van der Waals surface area contributed by atoms with E-state index in [2.05, 4.69) is 35.5 Å². The first-order chi connectivity index (χ1) is 10.8. The van der Waals surface area contributed by atoms with Crippen LogP contribution in [0.5, 0.6) is 0 Å². The van der Waals surface area contributed by atoms with Crippen LogP contribution in [0.2, 0.25) is 0 Å². The zero-order chi connectivity index (χ0) is 17.0. The molecular weight excluding hydrogens is 388 g/mol. The van der Waals surface area contributed by atoms with E-state index in [0.717, 1.165) is 0 Å². The number of halogens is 1. The van der Waals surface area contributed by atoms with Crippen molar-refractivity contribution in [1.29, 1.82) is 0 Å². The summed E-state index contributed by atoms with van der Waals surface area (Å²) in [5.74, 6) is -0.621. The molecule has 124 valence electrons. The summed E-state index contributed by atoms with van der Waals surface area (Å²) in [5.41, 5.74) is 0.138. The maximum Gasteiger partial charge on any atom is 0.339 e. The molecule has 0 fully saturated rings. The van der Waals surface area contributed by atoms with Crippen LogP contribution in [0.3, 0.4) is 0 Å². The first kappa shape index (κ1) is 17.6. The lowest BCUT2D eigenvalue weighted by Gasteiger charge is -2.14. The smallest absolute Gasteiger partial charge is 0.339 e. The lowest BCUT2D eigenvalue weighted by atomic mass is 10.2. The molecule has 0 radical (unpaired) electrons. The summed E-state index contributed by atoms with van der Waals surface area (Å²) in [7, 11) is -2.55. The SMILES string of the molecule is COC(=O)c1cc(S(=O)(=O)NC(C)Cn2cncn2)ccc1Br. The third-order valence-electron chi connectivity index (χ3n) is 2.94. The molecule has 1 aromatic heterocycles. The second kappa shape index (κ2) is 7.20. The van der Waals surface area contributed by atoms with Crippen LogP contribution < -0.4 is 4.72 Å². The van der Waals surface area contributed by atoms with Crippen LogP contribution in [-0.4, -0.2) is 42.3 Å². The summed E-state index contributed by atoms with van der Waals surface area (Å²) in [5, 5.41) is 3.92. The summed E-state index contributed by atoms with van der Waals surface area (Å²) in [6.07, 6.45) is 2.87. The predicted octanol–water partition coefficient (Wildman–Crippen LogP) is 1.19. The molecule has 0 aliphatic rings. The molecule has 2 aromatic rings. The van der Waals surface area contributed by atoms with Gasteiger partial charge in [-0.15, -0.1) is 0 Å². The number of nitrogens with one attached hydrogen (secondary N) is 1. The number of methoxy groups -OCH3 is 1. The fourth-order valence-electron chi connectivity index (χ4n) is 1.92. The Labute approximate surface area is 142 Å². The number of sulfonamides is 1. The van der Waals surface area contributed by atoms with Crippen molar-refractivity contribution >= 4 is 31.9 Å². The van der Waals surface area contributed by atoms with Gasteiger partial charge in [-0.2, -0.15) is 5.10 Å². The molecule has 0 aliphatic heterocycles. The molecule has 1 heterocycles. The number of benzene rings is 1. The molecule has 0 saturated heterocycles. The Balaban J connectivity index is 2.20. The summed E-state index contributed by atoms with van der Waals surface area (Å²) < 4.78 is 34.0. The number of esters is 1. The van der Waals surface area contributed by atoms with E-state index in [0.29, 0.717) is 11.0 Å². The third kappa shape index (κ3) is 4.36. The fourth-order valence-corrected chi connectivity index (χ4v) is 3.58. The van der Waals surface area contributed by atoms with Crippen LogP contribution in [0.1, 0.15) is 17.3 Å². The van der Waals surface area contributed by atoms with Crippen LogP contribution in [0.4, 0.5) is 0 Å². The second-order valence-corrected chi connectivity index (χ2v) is 7.34. The molecule has 1 unspecified atom stereocenters. The van der Waals surface area contributed by atoms with Crippen LogP contribution in [-0.2, 0) is 21.3 Å². The van der Waals surface area contributed by atoms with Crippen LogP contribution >= 0.6 is 15.9 Å². The molecule has 2 rings (SSSR count). The molecule has 0 aliphatic carbocycles. The van der Waals surface area contributed by atoms with Gasteiger partial charge in [0.1, 0.15) is 12.7 Å². The molecule has 0 spiro atoms. The van der Waals surface area contributed by atoms with Gasteiger partial charge in [-0.05, 0) is 41.1 Å². The van der Waals surface area contributed by atoms with Gasteiger partial charge in [0.25, 0.3) is 0 Å². The Morgan fingerprint density at radius 1 is 1.48 bits per heavy atom. The molecule has 23 heavy (non-hydrogen) atoms. The lowest BCUT2D eigenvalue weighted by molar-refractivity contribution is 0.0599. The highest BCUT2D eigenvalue weighted by molar-refractivity contribution is 9.10. The molecule has 0 bridgehead atoms. The standard InChI is InChI=1S/C13H15BrN4O4S/c1-9(6-18-8-15-7-16-18)17-23(20,21)10-3-4-12(14)11(5-10)13(19)22-2/h3-5,7-9,17H,6H2,1-2H3. The maximum atomic E-state index is 12.4. The van der Waals surface area contributed by atoms with Gasteiger partial charge in [-0.1, -0.05) is 0 Å². The first-order valence-electron chi connectivity index (χ1n) is 6.56. The van der Waals surface area contributed by atoms with Crippen LogP contribution in [0, 0.1) is 0 Å². The number of nitrogens with zero attached hydrogens (tertiary/aromatic N) is 3. The molecular formula is C13H15BrN4O4S. The molecule has 10 heteroatoms. The molecule has 0 amide bonds. The highest BCUT2D eigenvalue weighted by Gasteiger charge is 2.21. The summed E-state index contributed by atoms with van der Waals surface area (Å²) in [6.45, 7) is 2.04. The van der Waals surface area contributed by atoms with Gasteiger partial charge in [0, 0.05) is 10.5 Å². The Kier molecular flexibility index (Phi) is 5.50. The predicted molar refractivity (Wildman–Crippen MR) is 85.3 cm³/mol. The van der Waals surface area contributed by atoms with Crippen molar-refractivity contribution < 1.29 is 17.9 Å². The normalized spacial score (nSPS) is 12.8. The number of carbonyl (C=O) groups excluding carboxylic acids is 1. The highest BCUT2D eigenvalue weighted by atomic mass is 79.9. The molecule has 8 nitrogen and oxygen atoms in total. The van der Waals surface area contributed by atoms with E-state index in [9.17, 15) is 13.2 Å². The third-order valence-corrected chi connectivity index (χ3v) is 5.22. The summed E-state index contributed by atoms with van der Waals surface area (Å²) >= 11 is 3.19.